The summed E-state index contributed by atoms with van der Waals surface area (Å²) in [7, 11) is 0. The van der Waals surface area contributed by atoms with Gasteiger partial charge in [0.2, 0.25) is 0 Å². The molecule has 4 rings (SSSR count). The van der Waals surface area contributed by atoms with Crippen molar-refractivity contribution >= 4 is 29.7 Å². The van der Waals surface area contributed by atoms with Crippen LogP contribution in [0.5, 0.6) is 0 Å². The largest absolute Gasteiger partial charge is 0.326 e. The fraction of sp³-hybridized carbons (Fsp3) is 0.278. The quantitative estimate of drug-likeness (QED) is 0.777. The molecule has 3 heterocycles. The minimum atomic E-state index is 0. The van der Waals surface area contributed by atoms with Gasteiger partial charge in [-0.15, -0.1) is 12.4 Å². The summed E-state index contributed by atoms with van der Waals surface area (Å²) >= 11 is 6.03. The van der Waals surface area contributed by atoms with Crippen molar-refractivity contribution in [2.24, 2.45) is 5.73 Å². The van der Waals surface area contributed by atoms with Gasteiger partial charge in [-0.25, -0.2) is 4.98 Å². The van der Waals surface area contributed by atoms with Gasteiger partial charge in [-0.2, -0.15) is 0 Å². The number of likely N-dealkylation sites (tertiary alicyclic amines) is 1. The first-order chi connectivity index (χ1) is 11.2. The molecule has 0 bridgehead atoms. The lowest BCUT2D eigenvalue weighted by atomic mass is 9.95. The van der Waals surface area contributed by atoms with E-state index < -0.39 is 0 Å². The molecule has 0 spiro atoms. The summed E-state index contributed by atoms with van der Waals surface area (Å²) in [4.78, 5) is 7.04. The molecule has 2 N–H and O–H groups in total. The number of halogens is 2. The maximum Gasteiger partial charge on any atom is 0.137 e. The summed E-state index contributed by atoms with van der Waals surface area (Å²) in [5.41, 5.74) is 9.66. The van der Waals surface area contributed by atoms with Gasteiger partial charge in [0, 0.05) is 44.0 Å². The number of nitrogens with zero attached hydrogens (tertiary/aromatic N) is 3. The van der Waals surface area contributed by atoms with Gasteiger partial charge in [-0.3, -0.25) is 4.90 Å². The highest BCUT2D eigenvalue weighted by Gasteiger charge is 2.31. The molecule has 3 aromatic rings. The van der Waals surface area contributed by atoms with Crippen LogP contribution in [0.3, 0.4) is 0 Å². The Balaban J connectivity index is 0.00000169. The van der Waals surface area contributed by atoms with Crippen LogP contribution >= 0.6 is 24.0 Å². The third-order valence-corrected chi connectivity index (χ3v) is 4.74. The molecule has 2 aromatic heterocycles. The van der Waals surface area contributed by atoms with Gasteiger partial charge in [0.1, 0.15) is 5.65 Å². The Morgan fingerprint density at radius 1 is 1.08 bits per heavy atom. The number of fused-ring (bicyclic) bond motifs is 1. The van der Waals surface area contributed by atoms with Crippen LogP contribution in [-0.4, -0.2) is 33.4 Å². The molecule has 1 aliphatic rings. The monoisotopic (exact) mass is 362 g/mol. The lowest BCUT2D eigenvalue weighted by molar-refractivity contribution is 0.320. The van der Waals surface area contributed by atoms with Crippen molar-refractivity contribution < 1.29 is 0 Å². The highest BCUT2D eigenvalue weighted by Crippen LogP contribution is 2.27. The Bertz CT molecular complexity index is 818. The molecule has 0 radical (unpaired) electrons. The van der Waals surface area contributed by atoms with Crippen molar-refractivity contribution in [2.45, 2.75) is 18.5 Å². The summed E-state index contributed by atoms with van der Waals surface area (Å²) < 4.78 is 1.97. The van der Waals surface area contributed by atoms with Crippen LogP contribution in [0.15, 0.2) is 54.9 Å². The molecule has 0 unspecified atom stereocenters. The van der Waals surface area contributed by atoms with Crippen LogP contribution in [0.2, 0.25) is 5.02 Å². The molecular formula is C18H20Cl2N4. The molecule has 1 aromatic carbocycles. The number of nitrogens with two attached hydrogens (primary N) is 1. The second-order valence-corrected chi connectivity index (χ2v) is 6.66. The fourth-order valence-corrected chi connectivity index (χ4v) is 3.59. The first-order valence-corrected chi connectivity index (χ1v) is 8.23. The summed E-state index contributed by atoms with van der Waals surface area (Å²) in [6.07, 6.45) is 3.93. The zero-order valence-electron chi connectivity index (χ0n) is 13.2. The van der Waals surface area contributed by atoms with Crippen LogP contribution in [-0.2, 0) is 6.54 Å². The summed E-state index contributed by atoms with van der Waals surface area (Å²) in [6.45, 7) is 2.68. The van der Waals surface area contributed by atoms with Gasteiger partial charge in [0.15, 0.2) is 0 Å². The average molecular weight is 363 g/mol. The topological polar surface area (TPSA) is 46.6 Å². The molecule has 0 amide bonds. The van der Waals surface area contributed by atoms with E-state index in [1.54, 1.807) is 0 Å². The van der Waals surface area contributed by atoms with E-state index >= 15 is 0 Å². The maximum atomic E-state index is 6.37. The van der Waals surface area contributed by atoms with Crippen LogP contribution in [0.4, 0.5) is 0 Å². The van der Waals surface area contributed by atoms with Crippen LogP contribution in [0.1, 0.15) is 17.2 Å². The standard InChI is InChI=1S/C18H19ClN4.ClH/c19-14-6-7-18-21-15(10-23(18)8-14)9-22-11-16(17(20)12-22)13-4-2-1-3-5-13;/h1-8,10,16-17H,9,11-12,20H2;1H/t16-,17+;/m0./s1. The Hall–Kier alpha value is -1.59. The summed E-state index contributed by atoms with van der Waals surface area (Å²) in [5.74, 6) is 0.391. The number of rotatable bonds is 3. The van der Waals surface area contributed by atoms with Gasteiger partial charge >= 0.3 is 0 Å². The minimum absolute atomic E-state index is 0. The maximum absolute atomic E-state index is 6.37. The highest BCUT2D eigenvalue weighted by atomic mass is 35.5. The van der Waals surface area contributed by atoms with Gasteiger partial charge in [-0.1, -0.05) is 41.9 Å². The number of hydrogen-bond donors (Lipinski definition) is 1. The second kappa shape index (κ2) is 7.11. The molecule has 4 nitrogen and oxygen atoms in total. The highest BCUT2D eigenvalue weighted by molar-refractivity contribution is 6.30. The Labute approximate surface area is 152 Å². The molecular weight excluding hydrogens is 343 g/mol. The minimum Gasteiger partial charge on any atom is -0.326 e. The third kappa shape index (κ3) is 3.42. The molecule has 6 heteroatoms. The lowest BCUT2D eigenvalue weighted by Crippen LogP contribution is -2.28. The fourth-order valence-electron chi connectivity index (χ4n) is 3.42. The van der Waals surface area contributed by atoms with Crippen LogP contribution in [0, 0.1) is 0 Å². The number of imidazole rings is 1. The normalized spacial score (nSPS) is 21.1. The van der Waals surface area contributed by atoms with Crippen LogP contribution < -0.4 is 5.73 Å². The SMILES string of the molecule is Cl.N[C@@H]1CN(Cc2cn3cc(Cl)ccc3n2)C[C@H]1c1ccccc1. The van der Waals surface area contributed by atoms with E-state index in [0.717, 1.165) is 31.0 Å². The Morgan fingerprint density at radius 2 is 1.88 bits per heavy atom. The van der Waals surface area contributed by atoms with Crippen molar-refractivity contribution in [3.63, 3.8) is 0 Å². The van der Waals surface area contributed by atoms with Crippen molar-refractivity contribution in [3.8, 4) is 0 Å². The van der Waals surface area contributed by atoms with E-state index in [2.05, 4.69) is 34.1 Å². The van der Waals surface area contributed by atoms with Crippen molar-refractivity contribution in [1.29, 1.82) is 0 Å². The van der Waals surface area contributed by atoms with Gasteiger partial charge in [0.25, 0.3) is 0 Å². The van der Waals surface area contributed by atoms with Gasteiger partial charge in [-0.05, 0) is 17.7 Å². The number of aromatic nitrogens is 2. The molecule has 1 fully saturated rings. The lowest BCUT2D eigenvalue weighted by Gasteiger charge is -2.15. The molecule has 1 aliphatic heterocycles. The predicted octanol–water partition coefficient (Wildman–Crippen LogP) is 3.34. The Morgan fingerprint density at radius 3 is 2.67 bits per heavy atom. The summed E-state index contributed by atoms with van der Waals surface area (Å²) in [6, 6.07) is 14.5. The van der Waals surface area contributed by atoms with Crippen molar-refractivity contribution in [1.82, 2.24) is 14.3 Å². The van der Waals surface area contributed by atoms with Crippen molar-refractivity contribution in [3.05, 3.63) is 71.1 Å². The van der Waals surface area contributed by atoms with E-state index in [9.17, 15) is 0 Å². The molecule has 126 valence electrons. The van der Waals surface area contributed by atoms with Gasteiger partial charge in [0.05, 0.1) is 10.7 Å². The average Bonchev–Trinajstić information content (AvgIpc) is 3.10. The van der Waals surface area contributed by atoms with Crippen molar-refractivity contribution in [2.75, 3.05) is 13.1 Å². The molecule has 24 heavy (non-hydrogen) atoms. The third-order valence-electron chi connectivity index (χ3n) is 4.52. The number of hydrogen-bond acceptors (Lipinski definition) is 3. The molecule has 2 atom stereocenters. The summed E-state index contributed by atoms with van der Waals surface area (Å²) in [5, 5.41) is 0.716. The Kier molecular flexibility index (Phi) is 5.11. The molecule has 1 saturated heterocycles. The number of benzene rings is 1. The zero-order chi connectivity index (χ0) is 15.8. The van der Waals surface area contributed by atoms with E-state index in [1.807, 2.05) is 35.0 Å². The molecule has 0 saturated carbocycles. The van der Waals surface area contributed by atoms with E-state index in [-0.39, 0.29) is 18.4 Å². The first kappa shape index (κ1) is 17.2. The van der Waals surface area contributed by atoms with E-state index in [0.29, 0.717) is 10.9 Å². The van der Waals surface area contributed by atoms with E-state index in [1.165, 1.54) is 5.56 Å². The molecule has 0 aliphatic carbocycles. The smallest absolute Gasteiger partial charge is 0.137 e. The van der Waals surface area contributed by atoms with Crippen LogP contribution in [0.25, 0.3) is 5.65 Å². The van der Waals surface area contributed by atoms with Gasteiger partial charge < -0.3 is 10.1 Å². The first-order valence-electron chi connectivity index (χ1n) is 7.85. The number of pyridine rings is 1. The second-order valence-electron chi connectivity index (χ2n) is 6.22. The zero-order valence-corrected chi connectivity index (χ0v) is 14.7. The van der Waals surface area contributed by atoms with E-state index in [4.69, 9.17) is 17.3 Å². The predicted molar refractivity (Wildman–Crippen MR) is 99.9 cm³/mol.